The number of piperidine rings is 1. The summed E-state index contributed by atoms with van der Waals surface area (Å²) >= 11 is 0. The van der Waals surface area contributed by atoms with Crippen molar-refractivity contribution in [2.45, 2.75) is 45.1 Å². The highest BCUT2D eigenvalue weighted by Crippen LogP contribution is 2.16. The third-order valence-electron chi connectivity index (χ3n) is 3.90. The van der Waals surface area contributed by atoms with Crippen LogP contribution in [0.15, 0.2) is 0 Å². The molecule has 4 heteroatoms. The van der Waals surface area contributed by atoms with Crippen molar-refractivity contribution in [1.82, 2.24) is 15.5 Å². The van der Waals surface area contributed by atoms with Crippen molar-refractivity contribution in [3.63, 3.8) is 0 Å². The van der Waals surface area contributed by atoms with E-state index < -0.39 is 0 Å². The molecular weight excluding hydrogens is 214 g/mol. The van der Waals surface area contributed by atoms with E-state index in [2.05, 4.69) is 17.6 Å². The molecule has 2 aliphatic heterocycles. The number of nitrogens with zero attached hydrogens (tertiary/aromatic N) is 1. The number of hydrogen-bond donors (Lipinski definition) is 2. The second-order valence-electron chi connectivity index (χ2n) is 5.38. The smallest absolute Gasteiger partial charge is 0.317 e. The summed E-state index contributed by atoms with van der Waals surface area (Å²) in [5.41, 5.74) is 0. The van der Waals surface area contributed by atoms with E-state index in [9.17, 15) is 4.79 Å². The van der Waals surface area contributed by atoms with E-state index in [4.69, 9.17) is 0 Å². The number of amides is 2. The predicted molar refractivity (Wildman–Crippen MR) is 69.0 cm³/mol. The zero-order valence-corrected chi connectivity index (χ0v) is 10.9. The topological polar surface area (TPSA) is 44.4 Å². The van der Waals surface area contributed by atoms with Crippen molar-refractivity contribution in [3.05, 3.63) is 0 Å². The first-order valence-corrected chi connectivity index (χ1v) is 7.05. The standard InChI is InChI=1S/C13H25N3O/c1-2-4-12-10-16(13(17)15-12)8-6-11-5-3-7-14-9-11/h11-12,14H,2-10H2,1H3,(H,15,17). The Balaban J connectivity index is 1.69. The second kappa shape index (κ2) is 6.24. The monoisotopic (exact) mass is 239 g/mol. The molecule has 4 nitrogen and oxygen atoms in total. The molecule has 0 aliphatic carbocycles. The van der Waals surface area contributed by atoms with Gasteiger partial charge in [-0.05, 0) is 44.7 Å². The second-order valence-corrected chi connectivity index (χ2v) is 5.38. The van der Waals surface area contributed by atoms with Gasteiger partial charge in [0.2, 0.25) is 0 Å². The molecule has 2 rings (SSSR count). The van der Waals surface area contributed by atoms with E-state index in [0.29, 0.717) is 6.04 Å². The molecule has 0 aromatic carbocycles. The van der Waals surface area contributed by atoms with Crippen LogP contribution in [0.25, 0.3) is 0 Å². The molecule has 2 N–H and O–H groups in total. The number of hydrogen-bond acceptors (Lipinski definition) is 2. The summed E-state index contributed by atoms with van der Waals surface area (Å²) in [5.74, 6) is 0.766. The Hall–Kier alpha value is -0.770. The fraction of sp³-hybridized carbons (Fsp3) is 0.923. The molecule has 17 heavy (non-hydrogen) atoms. The fourth-order valence-electron chi connectivity index (χ4n) is 2.87. The summed E-state index contributed by atoms with van der Waals surface area (Å²) in [6, 6.07) is 0.532. The van der Waals surface area contributed by atoms with Gasteiger partial charge in [0.25, 0.3) is 0 Å². The van der Waals surface area contributed by atoms with Crippen LogP contribution >= 0.6 is 0 Å². The molecule has 0 radical (unpaired) electrons. The maximum absolute atomic E-state index is 11.7. The average Bonchev–Trinajstić information content (AvgIpc) is 2.69. The summed E-state index contributed by atoms with van der Waals surface area (Å²) in [7, 11) is 0. The van der Waals surface area contributed by atoms with Crippen LogP contribution in [0.5, 0.6) is 0 Å². The van der Waals surface area contributed by atoms with Crippen molar-refractivity contribution in [2.75, 3.05) is 26.2 Å². The maximum Gasteiger partial charge on any atom is 0.317 e. The van der Waals surface area contributed by atoms with Gasteiger partial charge in [-0.3, -0.25) is 0 Å². The molecule has 0 aromatic rings. The first-order valence-electron chi connectivity index (χ1n) is 7.05. The highest BCUT2D eigenvalue weighted by molar-refractivity contribution is 5.76. The van der Waals surface area contributed by atoms with Crippen molar-refractivity contribution in [1.29, 1.82) is 0 Å². The lowest BCUT2D eigenvalue weighted by Gasteiger charge is -2.24. The molecular formula is C13H25N3O. The highest BCUT2D eigenvalue weighted by Gasteiger charge is 2.28. The summed E-state index contributed by atoms with van der Waals surface area (Å²) in [4.78, 5) is 13.7. The number of carbonyl (C=O) groups is 1. The Kier molecular flexibility index (Phi) is 4.66. The first-order chi connectivity index (χ1) is 8.29. The van der Waals surface area contributed by atoms with Gasteiger partial charge >= 0.3 is 6.03 Å². The van der Waals surface area contributed by atoms with Gasteiger partial charge in [0, 0.05) is 19.1 Å². The van der Waals surface area contributed by atoms with Gasteiger partial charge < -0.3 is 15.5 Å². The van der Waals surface area contributed by atoms with Gasteiger partial charge in [-0.1, -0.05) is 13.3 Å². The zero-order valence-electron chi connectivity index (χ0n) is 10.9. The van der Waals surface area contributed by atoms with Crippen molar-refractivity contribution in [2.24, 2.45) is 5.92 Å². The van der Waals surface area contributed by atoms with Crippen LogP contribution in [-0.2, 0) is 0 Å². The van der Waals surface area contributed by atoms with Crippen molar-refractivity contribution in [3.8, 4) is 0 Å². The minimum Gasteiger partial charge on any atom is -0.333 e. The van der Waals surface area contributed by atoms with E-state index >= 15 is 0 Å². The van der Waals surface area contributed by atoms with E-state index in [1.807, 2.05) is 4.90 Å². The molecule has 2 aliphatic rings. The van der Waals surface area contributed by atoms with Gasteiger partial charge in [0.1, 0.15) is 0 Å². The lowest BCUT2D eigenvalue weighted by atomic mass is 9.96. The van der Waals surface area contributed by atoms with Crippen molar-refractivity contribution >= 4 is 6.03 Å². The average molecular weight is 239 g/mol. The van der Waals surface area contributed by atoms with Gasteiger partial charge in [-0.2, -0.15) is 0 Å². The lowest BCUT2D eigenvalue weighted by molar-refractivity contribution is 0.211. The molecule has 2 unspecified atom stereocenters. The first kappa shape index (κ1) is 12.7. The Morgan fingerprint density at radius 2 is 2.29 bits per heavy atom. The van der Waals surface area contributed by atoms with Gasteiger partial charge in [-0.25, -0.2) is 4.79 Å². The third-order valence-corrected chi connectivity index (χ3v) is 3.90. The molecule has 0 spiro atoms. The Labute approximate surface area is 104 Å². The number of nitrogens with one attached hydrogen (secondary N) is 2. The van der Waals surface area contributed by atoms with Crippen LogP contribution in [-0.4, -0.2) is 43.2 Å². The van der Waals surface area contributed by atoms with Crippen LogP contribution in [0, 0.1) is 5.92 Å². The normalized spacial score (nSPS) is 29.5. The van der Waals surface area contributed by atoms with Crippen molar-refractivity contribution < 1.29 is 4.79 Å². The molecule has 2 saturated heterocycles. The fourth-order valence-corrected chi connectivity index (χ4v) is 2.87. The molecule has 0 saturated carbocycles. The van der Waals surface area contributed by atoms with Gasteiger partial charge in [0.05, 0.1) is 0 Å². The number of urea groups is 1. The molecule has 98 valence electrons. The van der Waals surface area contributed by atoms with Crippen LogP contribution in [0.4, 0.5) is 4.79 Å². The summed E-state index contributed by atoms with van der Waals surface area (Å²) in [6.45, 7) is 6.31. The largest absolute Gasteiger partial charge is 0.333 e. The summed E-state index contributed by atoms with van der Waals surface area (Å²) < 4.78 is 0. The SMILES string of the molecule is CCCC1CN(CCC2CCCNC2)C(=O)N1. The number of carbonyl (C=O) groups excluding carboxylic acids is 1. The van der Waals surface area contributed by atoms with E-state index in [1.165, 1.54) is 19.4 Å². The molecule has 2 atom stereocenters. The van der Waals surface area contributed by atoms with Crippen LogP contribution in [0.1, 0.15) is 39.0 Å². The van der Waals surface area contributed by atoms with E-state index in [0.717, 1.165) is 44.8 Å². The Morgan fingerprint density at radius 1 is 1.41 bits per heavy atom. The third kappa shape index (κ3) is 3.60. The van der Waals surface area contributed by atoms with E-state index in [-0.39, 0.29) is 6.03 Å². The number of rotatable bonds is 5. The molecule has 2 fully saturated rings. The maximum atomic E-state index is 11.7. The predicted octanol–water partition coefficient (Wildman–Crippen LogP) is 1.57. The molecule has 0 bridgehead atoms. The Morgan fingerprint density at radius 3 is 3.00 bits per heavy atom. The Bertz CT molecular complexity index is 251. The highest BCUT2D eigenvalue weighted by atomic mass is 16.2. The van der Waals surface area contributed by atoms with Crippen LogP contribution in [0.2, 0.25) is 0 Å². The van der Waals surface area contributed by atoms with Crippen LogP contribution < -0.4 is 10.6 Å². The zero-order chi connectivity index (χ0) is 12.1. The molecule has 2 amide bonds. The van der Waals surface area contributed by atoms with Gasteiger partial charge in [-0.15, -0.1) is 0 Å². The van der Waals surface area contributed by atoms with Gasteiger partial charge in [0.15, 0.2) is 0 Å². The molecule has 2 heterocycles. The van der Waals surface area contributed by atoms with Crippen LogP contribution in [0.3, 0.4) is 0 Å². The summed E-state index contributed by atoms with van der Waals surface area (Å²) in [5, 5.41) is 6.50. The van der Waals surface area contributed by atoms with E-state index in [1.54, 1.807) is 0 Å². The molecule has 0 aromatic heterocycles. The lowest BCUT2D eigenvalue weighted by Crippen LogP contribution is -2.34. The quantitative estimate of drug-likeness (QED) is 0.765. The minimum atomic E-state index is 0.146. The minimum absolute atomic E-state index is 0.146. The summed E-state index contributed by atoms with van der Waals surface area (Å²) in [6.07, 6.45) is 6.01.